The van der Waals surface area contributed by atoms with E-state index in [0.29, 0.717) is 12.5 Å². The summed E-state index contributed by atoms with van der Waals surface area (Å²) in [5.74, 6) is 1.29. The molecule has 3 rings (SSSR count). The fourth-order valence-electron chi connectivity index (χ4n) is 2.65. The highest BCUT2D eigenvalue weighted by atomic mass is 16.5. The number of aromatic nitrogens is 3. The van der Waals surface area contributed by atoms with Gasteiger partial charge in [-0.2, -0.15) is 0 Å². The van der Waals surface area contributed by atoms with Crippen molar-refractivity contribution in [1.29, 1.82) is 0 Å². The highest BCUT2D eigenvalue weighted by Gasteiger charge is 2.19. The summed E-state index contributed by atoms with van der Waals surface area (Å²) in [4.78, 5) is 0. The molecule has 0 radical (unpaired) electrons. The molecule has 22 heavy (non-hydrogen) atoms. The number of hydrogen-bond donors (Lipinski definition) is 1. The number of nitrogens with one attached hydrogen (secondary N) is 1. The van der Waals surface area contributed by atoms with Crippen LogP contribution in [0.1, 0.15) is 17.0 Å². The van der Waals surface area contributed by atoms with E-state index < -0.39 is 0 Å². The maximum Gasteiger partial charge on any atom is 0.118 e. The normalized spacial score (nSPS) is 17.8. The number of methoxy groups -OCH3 is 1. The molecule has 0 spiro atoms. The lowest BCUT2D eigenvalue weighted by atomic mass is 10.1. The molecule has 6 nitrogen and oxygen atoms in total. The molecule has 6 heteroatoms. The van der Waals surface area contributed by atoms with Gasteiger partial charge in [0.2, 0.25) is 0 Å². The van der Waals surface area contributed by atoms with E-state index in [4.69, 9.17) is 9.47 Å². The summed E-state index contributed by atoms with van der Waals surface area (Å²) < 4.78 is 12.9. The van der Waals surface area contributed by atoms with Crippen LogP contribution >= 0.6 is 0 Å². The minimum absolute atomic E-state index is 0.403. The third kappa shape index (κ3) is 3.45. The molecule has 0 saturated heterocycles. The first-order valence-electron chi connectivity index (χ1n) is 7.56. The number of nitrogens with zero attached hydrogens (tertiary/aromatic N) is 3. The van der Waals surface area contributed by atoms with Crippen molar-refractivity contribution in [2.45, 2.75) is 26.6 Å². The van der Waals surface area contributed by atoms with Crippen LogP contribution in [-0.2, 0) is 24.4 Å². The van der Waals surface area contributed by atoms with Gasteiger partial charge in [0.25, 0.3) is 0 Å². The van der Waals surface area contributed by atoms with E-state index >= 15 is 0 Å². The van der Waals surface area contributed by atoms with Gasteiger partial charge >= 0.3 is 0 Å². The van der Waals surface area contributed by atoms with Crippen LogP contribution in [-0.4, -0.2) is 35.3 Å². The first-order chi connectivity index (χ1) is 10.8. The zero-order valence-electron chi connectivity index (χ0n) is 13.1. The Bertz CT molecular complexity index is 609. The second-order valence-corrected chi connectivity index (χ2v) is 5.66. The van der Waals surface area contributed by atoms with Crippen LogP contribution in [0.15, 0.2) is 24.3 Å². The largest absolute Gasteiger partial charge is 0.497 e. The molecule has 1 N–H and O–H groups in total. The Hall–Kier alpha value is -1.92. The quantitative estimate of drug-likeness (QED) is 0.907. The van der Waals surface area contributed by atoms with Crippen molar-refractivity contribution < 1.29 is 9.47 Å². The Morgan fingerprint density at radius 3 is 2.95 bits per heavy atom. The molecule has 0 fully saturated rings. The third-order valence-electron chi connectivity index (χ3n) is 3.98. The Morgan fingerprint density at radius 1 is 1.36 bits per heavy atom. The minimum Gasteiger partial charge on any atom is -0.497 e. The van der Waals surface area contributed by atoms with Crippen molar-refractivity contribution in [1.82, 2.24) is 20.3 Å². The second-order valence-electron chi connectivity index (χ2n) is 5.66. The monoisotopic (exact) mass is 302 g/mol. The van der Waals surface area contributed by atoms with Gasteiger partial charge in [-0.3, -0.25) is 0 Å². The van der Waals surface area contributed by atoms with Crippen LogP contribution in [0.2, 0.25) is 0 Å². The van der Waals surface area contributed by atoms with Gasteiger partial charge < -0.3 is 14.8 Å². The Morgan fingerprint density at radius 2 is 2.18 bits per heavy atom. The Kier molecular flexibility index (Phi) is 4.70. The first kappa shape index (κ1) is 15.0. The highest BCUT2D eigenvalue weighted by Crippen LogP contribution is 2.15. The number of ether oxygens (including phenoxy) is 2. The summed E-state index contributed by atoms with van der Waals surface area (Å²) >= 11 is 0. The van der Waals surface area contributed by atoms with Crippen LogP contribution in [0.4, 0.5) is 0 Å². The number of aryl methyl sites for hydroxylation is 1. The second kappa shape index (κ2) is 6.89. The zero-order valence-corrected chi connectivity index (χ0v) is 13.1. The smallest absolute Gasteiger partial charge is 0.118 e. The van der Waals surface area contributed by atoms with Crippen molar-refractivity contribution in [3.8, 4) is 5.75 Å². The van der Waals surface area contributed by atoms with E-state index in [2.05, 4.69) is 27.8 Å². The van der Waals surface area contributed by atoms with Crippen molar-refractivity contribution in [3.05, 3.63) is 41.2 Å². The fraction of sp³-hybridized carbons (Fsp3) is 0.500. The summed E-state index contributed by atoms with van der Waals surface area (Å²) in [5, 5.41) is 11.8. The van der Waals surface area contributed by atoms with Crippen molar-refractivity contribution >= 4 is 0 Å². The van der Waals surface area contributed by atoms with Gasteiger partial charge in [0.1, 0.15) is 5.75 Å². The van der Waals surface area contributed by atoms with Crippen LogP contribution < -0.4 is 10.1 Å². The molecular formula is C16H22N4O2. The van der Waals surface area contributed by atoms with Crippen LogP contribution in [0.25, 0.3) is 0 Å². The van der Waals surface area contributed by atoms with E-state index in [9.17, 15) is 0 Å². The van der Waals surface area contributed by atoms with Gasteiger partial charge in [-0.25, -0.2) is 4.68 Å². The van der Waals surface area contributed by atoms with Gasteiger partial charge in [-0.15, -0.1) is 5.10 Å². The van der Waals surface area contributed by atoms with Crippen molar-refractivity contribution in [2.24, 2.45) is 5.92 Å². The number of fused-ring (bicyclic) bond motifs is 1. The summed E-state index contributed by atoms with van der Waals surface area (Å²) in [6, 6.07) is 8.12. The molecule has 0 bridgehead atoms. The van der Waals surface area contributed by atoms with Gasteiger partial charge in [0, 0.05) is 25.6 Å². The standard InChI is InChI=1S/C16H22N4O2/c1-12-16-11-22-10-14(9-20(16)19-18-12)8-17-7-13-3-5-15(21-2)6-4-13/h3-6,14,17H,7-11H2,1-2H3. The number of hydrogen-bond acceptors (Lipinski definition) is 5. The average molecular weight is 302 g/mol. The molecular weight excluding hydrogens is 280 g/mol. The van der Waals surface area contributed by atoms with Crippen molar-refractivity contribution in [3.63, 3.8) is 0 Å². The van der Waals surface area contributed by atoms with E-state index in [1.807, 2.05) is 23.7 Å². The lowest BCUT2D eigenvalue weighted by Crippen LogP contribution is -2.28. The molecule has 1 aromatic carbocycles. The number of rotatable bonds is 5. The van der Waals surface area contributed by atoms with Crippen LogP contribution in [0, 0.1) is 12.8 Å². The molecule has 0 amide bonds. The summed E-state index contributed by atoms with van der Waals surface area (Å²) in [7, 11) is 1.68. The first-order valence-corrected chi connectivity index (χ1v) is 7.56. The van der Waals surface area contributed by atoms with Crippen LogP contribution in [0.3, 0.4) is 0 Å². The lowest BCUT2D eigenvalue weighted by Gasteiger charge is -2.15. The SMILES string of the molecule is COc1ccc(CNCC2COCc3c(C)nnn3C2)cc1. The van der Waals surface area contributed by atoms with Gasteiger partial charge in [0.15, 0.2) is 0 Å². The molecule has 0 saturated carbocycles. The van der Waals surface area contributed by atoms with Gasteiger partial charge in [0.05, 0.1) is 31.7 Å². The lowest BCUT2D eigenvalue weighted by molar-refractivity contribution is 0.0936. The summed E-state index contributed by atoms with van der Waals surface area (Å²) in [6.07, 6.45) is 0. The predicted molar refractivity (Wildman–Crippen MR) is 82.6 cm³/mol. The van der Waals surface area contributed by atoms with E-state index in [0.717, 1.165) is 43.4 Å². The minimum atomic E-state index is 0.403. The average Bonchev–Trinajstić information content (AvgIpc) is 2.76. The third-order valence-corrected chi connectivity index (χ3v) is 3.98. The van der Waals surface area contributed by atoms with Crippen molar-refractivity contribution in [2.75, 3.05) is 20.3 Å². The molecule has 1 aliphatic rings. The predicted octanol–water partition coefficient (Wildman–Crippen LogP) is 1.53. The van der Waals surface area contributed by atoms with E-state index in [-0.39, 0.29) is 0 Å². The Labute approximate surface area is 130 Å². The fourth-order valence-corrected chi connectivity index (χ4v) is 2.65. The Balaban J connectivity index is 1.51. The summed E-state index contributed by atoms with van der Waals surface area (Å²) in [6.45, 7) is 5.91. The molecule has 1 atom stereocenters. The van der Waals surface area contributed by atoms with Crippen LogP contribution in [0.5, 0.6) is 5.75 Å². The molecule has 1 aromatic heterocycles. The van der Waals surface area contributed by atoms with Gasteiger partial charge in [-0.1, -0.05) is 17.3 Å². The molecule has 0 aliphatic carbocycles. The number of benzene rings is 1. The van der Waals surface area contributed by atoms with E-state index in [1.54, 1.807) is 7.11 Å². The topological polar surface area (TPSA) is 61.2 Å². The van der Waals surface area contributed by atoms with Gasteiger partial charge in [-0.05, 0) is 24.6 Å². The maximum absolute atomic E-state index is 5.75. The molecule has 1 unspecified atom stereocenters. The summed E-state index contributed by atoms with van der Waals surface area (Å²) in [5.41, 5.74) is 3.30. The maximum atomic E-state index is 5.75. The molecule has 118 valence electrons. The molecule has 2 heterocycles. The highest BCUT2D eigenvalue weighted by molar-refractivity contribution is 5.26. The molecule has 1 aliphatic heterocycles. The zero-order chi connectivity index (χ0) is 15.4. The van der Waals surface area contributed by atoms with E-state index in [1.165, 1.54) is 5.56 Å². The molecule has 2 aromatic rings.